The van der Waals surface area contributed by atoms with Gasteiger partial charge in [-0.1, -0.05) is 30.3 Å². The molecule has 0 spiro atoms. The zero-order chi connectivity index (χ0) is 23.8. The Hall–Kier alpha value is -2.20. The summed E-state index contributed by atoms with van der Waals surface area (Å²) >= 11 is 0. The van der Waals surface area contributed by atoms with Crippen molar-refractivity contribution in [2.75, 3.05) is 85.1 Å². The molecule has 1 aromatic rings. The van der Waals surface area contributed by atoms with E-state index in [0.29, 0.717) is 13.1 Å². The molecule has 3 aliphatic heterocycles. The molecule has 3 aliphatic rings. The van der Waals surface area contributed by atoms with Crippen molar-refractivity contribution in [1.29, 1.82) is 0 Å². The number of amides is 1. The molecular weight excluding hydrogens is 434 g/mol. The SMILES string of the molecule is O=C(O)CCN1CCN(CC2CN(CCCN3CCN(Cc4ccccc4)CC3)C(=O)O2)CC1. The Morgan fingerprint density at radius 1 is 0.853 bits per heavy atom. The number of aliphatic carboxylic acids is 1. The summed E-state index contributed by atoms with van der Waals surface area (Å²) in [6.45, 7) is 12.7. The topological polar surface area (TPSA) is 79.8 Å². The number of benzene rings is 1. The van der Waals surface area contributed by atoms with E-state index in [9.17, 15) is 9.59 Å². The van der Waals surface area contributed by atoms with Gasteiger partial charge >= 0.3 is 12.1 Å². The van der Waals surface area contributed by atoms with Crippen molar-refractivity contribution in [1.82, 2.24) is 24.5 Å². The minimum absolute atomic E-state index is 0.0698. The first-order valence-corrected chi connectivity index (χ1v) is 12.7. The van der Waals surface area contributed by atoms with Crippen LogP contribution in [0.3, 0.4) is 0 Å². The van der Waals surface area contributed by atoms with Gasteiger partial charge in [0.25, 0.3) is 0 Å². The number of nitrogens with zero attached hydrogens (tertiary/aromatic N) is 5. The van der Waals surface area contributed by atoms with Gasteiger partial charge in [-0.05, 0) is 18.5 Å². The first kappa shape index (κ1) is 24.9. The lowest BCUT2D eigenvalue weighted by atomic mass is 10.2. The second kappa shape index (κ2) is 12.5. The van der Waals surface area contributed by atoms with Crippen LogP contribution in [0.1, 0.15) is 18.4 Å². The van der Waals surface area contributed by atoms with Crippen molar-refractivity contribution < 1.29 is 19.4 Å². The van der Waals surface area contributed by atoms with Crippen molar-refractivity contribution in [3.05, 3.63) is 35.9 Å². The number of cyclic esters (lactones) is 1. The molecule has 1 aromatic carbocycles. The van der Waals surface area contributed by atoms with Crippen molar-refractivity contribution in [3.8, 4) is 0 Å². The van der Waals surface area contributed by atoms with Crippen molar-refractivity contribution in [3.63, 3.8) is 0 Å². The number of piperazine rings is 2. The molecule has 3 heterocycles. The number of carboxylic acid groups (broad SMARTS) is 1. The molecular formula is C25H39N5O4. The number of carbonyl (C=O) groups excluding carboxylic acids is 1. The Bertz CT molecular complexity index is 779. The van der Waals surface area contributed by atoms with Gasteiger partial charge in [-0.2, -0.15) is 0 Å². The number of carbonyl (C=O) groups is 2. The third kappa shape index (κ3) is 7.66. The lowest BCUT2D eigenvalue weighted by Gasteiger charge is -2.35. The molecule has 9 nitrogen and oxygen atoms in total. The third-order valence-corrected chi connectivity index (χ3v) is 7.13. The smallest absolute Gasteiger partial charge is 0.410 e. The summed E-state index contributed by atoms with van der Waals surface area (Å²) in [4.78, 5) is 34.5. The summed E-state index contributed by atoms with van der Waals surface area (Å²) in [5, 5.41) is 8.84. The third-order valence-electron chi connectivity index (χ3n) is 7.13. The fourth-order valence-corrected chi connectivity index (χ4v) is 5.09. The fourth-order valence-electron chi connectivity index (χ4n) is 5.09. The first-order valence-electron chi connectivity index (χ1n) is 12.7. The highest BCUT2D eigenvalue weighted by Crippen LogP contribution is 2.15. The standard InChI is InChI=1S/C25H39N5O4/c31-24(32)7-10-27-13-17-29(18-14-27)20-23-21-30(25(33)34-23)9-4-8-26-11-15-28(16-12-26)19-22-5-2-1-3-6-22/h1-3,5-6,23H,4,7-21H2,(H,31,32). The quantitative estimate of drug-likeness (QED) is 0.512. The van der Waals surface area contributed by atoms with E-state index in [1.54, 1.807) is 0 Å². The monoisotopic (exact) mass is 473 g/mol. The molecule has 0 saturated carbocycles. The van der Waals surface area contributed by atoms with Crippen LogP contribution in [0, 0.1) is 0 Å². The van der Waals surface area contributed by atoms with Crippen LogP contribution in [0.2, 0.25) is 0 Å². The van der Waals surface area contributed by atoms with Crippen molar-refractivity contribution in [2.24, 2.45) is 0 Å². The van der Waals surface area contributed by atoms with E-state index in [1.165, 1.54) is 5.56 Å². The minimum Gasteiger partial charge on any atom is -0.481 e. The highest BCUT2D eigenvalue weighted by atomic mass is 16.6. The molecule has 3 saturated heterocycles. The van der Waals surface area contributed by atoms with E-state index < -0.39 is 5.97 Å². The number of ether oxygens (including phenoxy) is 1. The molecule has 0 radical (unpaired) electrons. The summed E-state index contributed by atoms with van der Waals surface area (Å²) in [6.07, 6.45) is 0.916. The first-order chi connectivity index (χ1) is 16.5. The zero-order valence-electron chi connectivity index (χ0n) is 20.2. The highest BCUT2D eigenvalue weighted by Gasteiger charge is 2.33. The Morgan fingerprint density at radius 2 is 1.47 bits per heavy atom. The molecule has 1 atom stereocenters. The Labute approximate surface area is 202 Å². The molecule has 0 bridgehead atoms. The van der Waals surface area contributed by atoms with Gasteiger partial charge in [-0.3, -0.25) is 14.6 Å². The highest BCUT2D eigenvalue weighted by molar-refractivity contribution is 5.69. The molecule has 188 valence electrons. The predicted molar refractivity (Wildman–Crippen MR) is 130 cm³/mol. The predicted octanol–water partition coefficient (Wildman–Crippen LogP) is 1.11. The van der Waals surface area contributed by atoms with Crippen LogP contribution >= 0.6 is 0 Å². The van der Waals surface area contributed by atoms with Gasteiger partial charge in [0.2, 0.25) is 0 Å². The second-order valence-electron chi connectivity index (χ2n) is 9.69. The van der Waals surface area contributed by atoms with Gasteiger partial charge in [0.05, 0.1) is 13.0 Å². The lowest BCUT2D eigenvalue weighted by molar-refractivity contribution is -0.137. The number of rotatable bonds is 11. The van der Waals surface area contributed by atoms with Gasteiger partial charge in [-0.15, -0.1) is 0 Å². The van der Waals surface area contributed by atoms with Crippen LogP contribution in [-0.4, -0.2) is 133 Å². The van der Waals surface area contributed by atoms with Gasteiger partial charge in [0, 0.05) is 78.5 Å². The number of hydrogen-bond donors (Lipinski definition) is 1. The summed E-state index contributed by atoms with van der Waals surface area (Å²) in [5.74, 6) is -0.745. The van der Waals surface area contributed by atoms with Crippen LogP contribution in [0.4, 0.5) is 4.79 Å². The summed E-state index contributed by atoms with van der Waals surface area (Å²) < 4.78 is 5.63. The van der Waals surface area contributed by atoms with Crippen LogP contribution < -0.4 is 0 Å². The lowest BCUT2D eigenvalue weighted by Crippen LogP contribution is -2.49. The summed E-state index contributed by atoms with van der Waals surface area (Å²) in [5.41, 5.74) is 1.37. The van der Waals surface area contributed by atoms with E-state index in [4.69, 9.17) is 9.84 Å². The zero-order valence-corrected chi connectivity index (χ0v) is 20.2. The second-order valence-corrected chi connectivity index (χ2v) is 9.69. The summed E-state index contributed by atoms with van der Waals surface area (Å²) in [6, 6.07) is 10.6. The molecule has 0 aliphatic carbocycles. The molecule has 0 aromatic heterocycles. The van der Waals surface area contributed by atoms with E-state index >= 15 is 0 Å². The number of carboxylic acids is 1. The minimum atomic E-state index is -0.745. The Balaban J connectivity index is 1.08. The van der Waals surface area contributed by atoms with Crippen LogP contribution in [-0.2, 0) is 16.1 Å². The molecule has 4 rings (SSSR count). The molecule has 9 heteroatoms. The van der Waals surface area contributed by atoms with Crippen LogP contribution in [0.15, 0.2) is 30.3 Å². The normalized spacial score (nSPS) is 23.4. The maximum absolute atomic E-state index is 12.3. The fraction of sp³-hybridized carbons (Fsp3) is 0.680. The van der Waals surface area contributed by atoms with Crippen molar-refractivity contribution >= 4 is 12.1 Å². The Morgan fingerprint density at radius 3 is 2.15 bits per heavy atom. The number of hydrogen-bond acceptors (Lipinski definition) is 7. The summed E-state index contributed by atoms with van der Waals surface area (Å²) in [7, 11) is 0. The maximum atomic E-state index is 12.3. The van der Waals surface area contributed by atoms with E-state index in [1.807, 2.05) is 4.90 Å². The van der Waals surface area contributed by atoms with E-state index in [-0.39, 0.29) is 18.6 Å². The molecule has 1 unspecified atom stereocenters. The molecule has 34 heavy (non-hydrogen) atoms. The largest absolute Gasteiger partial charge is 0.481 e. The van der Waals surface area contributed by atoms with Crippen LogP contribution in [0.5, 0.6) is 0 Å². The van der Waals surface area contributed by atoms with Crippen molar-refractivity contribution in [2.45, 2.75) is 25.5 Å². The average molecular weight is 474 g/mol. The van der Waals surface area contributed by atoms with Gasteiger partial charge in [0.1, 0.15) is 6.10 Å². The van der Waals surface area contributed by atoms with Gasteiger partial charge in [0.15, 0.2) is 0 Å². The van der Waals surface area contributed by atoms with Gasteiger partial charge in [-0.25, -0.2) is 4.79 Å². The maximum Gasteiger partial charge on any atom is 0.410 e. The van der Waals surface area contributed by atoms with E-state index in [0.717, 1.165) is 85.0 Å². The average Bonchev–Trinajstić information content (AvgIpc) is 3.19. The van der Waals surface area contributed by atoms with E-state index in [2.05, 4.69) is 49.9 Å². The van der Waals surface area contributed by atoms with Gasteiger partial charge < -0.3 is 24.5 Å². The molecule has 3 fully saturated rings. The molecule has 1 amide bonds. The molecule has 1 N–H and O–H groups in total. The Kier molecular flexibility index (Phi) is 9.15. The van der Waals surface area contributed by atoms with Crippen LogP contribution in [0.25, 0.3) is 0 Å².